The molecule has 100 valence electrons. The zero-order chi connectivity index (χ0) is 13.5. The molecule has 1 amide bonds. The number of nitrogens with one attached hydrogen (secondary N) is 1. The quantitative estimate of drug-likeness (QED) is 0.869. The zero-order valence-corrected chi connectivity index (χ0v) is 12.9. The highest BCUT2D eigenvalue weighted by Gasteiger charge is 2.91. The van der Waals surface area contributed by atoms with E-state index in [0.717, 1.165) is 16.6 Å². The number of hydrogen-bond donors (Lipinski definition) is 1. The fourth-order valence-electron chi connectivity index (χ4n) is 5.49. The average molecular weight is 320 g/mol. The minimum atomic E-state index is -0.0607. The van der Waals surface area contributed by atoms with E-state index in [4.69, 9.17) is 0 Å². The molecule has 0 radical (unpaired) electrons. The Hall–Kier alpha value is -0.830. The molecule has 1 N–H and O–H groups in total. The van der Waals surface area contributed by atoms with Crippen LogP contribution in [0.1, 0.15) is 33.1 Å². The third kappa shape index (κ3) is 1.06. The van der Waals surface area contributed by atoms with Gasteiger partial charge < -0.3 is 5.32 Å². The van der Waals surface area contributed by atoms with Crippen molar-refractivity contribution in [2.24, 2.45) is 22.2 Å². The maximum atomic E-state index is 12.7. The van der Waals surface area contributed by atoms with Crippen molar-refractivity contribution in [1.82, 2.24) is 0 Å². The molecule has 0 aliphatic heterocycles. The fraction of sp³-hybridized carbons (Fsp3) is 0.562. The van der Waals surface area contributed by atoms with Crippen LogP contribution >= 0.6 is 15.9 Å². The normalized spacial score (nSPS) is 45.3. The minimum absolute atomic E-state index is 0.0607. The number of benzene rings is 1. The molecular weight excluding hydrogens is 302 g/mol. The van der Waals surface area contributed by atoms with E-state index in [1.807, 2.05) is 24.3 Å². The number of fused-ring (bicyclic) bond motifs is 1. The van der Waals surface area contributed by atoms with Gasteiger partial charge in [-0.05, 0) is 60.3 Å². The summed E-state index contributed by atoms with van der Waals surface area (Å²) in [5.41, 5.74) is 1.55. The summed E-state index contributed by atoms with van der Waals surface area (Å²) in [6.45, 7) is 4.69. The topological polar surface area (TPSA) is 29.1 Å². The maximum Gasteiger partial charge on any atom is 0.231 e. The van der Waals surface area contributed by atoms with Crippen LogP contribution < -0.4 is 5.32 Å². The first-order valence-corrected chi connectivity index (χ1v) is 7.80. The Morgan fingerprint density at radius 3 is 2.53 bits per heavy atom. The Bertz CT molecular complexity index is 583. The Labute approximate surface area is 122 Å². The summed E-state index contributed by atoms with van der Waals surface area (Å²) in [4.78, 5) is 12.7. The van der Waals surface area contributed by atoms with E-state index in [2.05, 4.69) is 35.1 Å². The largest absolute Gasteiger partial charge is 0.326 e. The van der Waals surface area contributed by atoms with E-state index in [1.54, 1.807) is 0 Å². The fourth-order valence-corrected chi connectivity index (χ4v) is 5.76. The summed E-state index contributed by atoms with van der Waals surface area (Å²) in [5.74, 6) is 0.879. The molecule has 2 nitrogen and oxygen atoms in total. The third-order valence-corrected chi connectivity index (χ3v) is 7.22. The predicted octanol–water partition coefficient (Wildman–Crippen LogP) is 4.21. The van der Waals surface area contributed by atoms with Crippen LogP contribution in [0.25, 0.3) is 0 Å². The van der Waals surface area contributed by atoms with Crippen molar-refractivity contribution in [3.63, 3.8) is 0 Å². The van der Waals surface area contributed by atoms with E-state index < -0.39 is 0 Å². The third-order valence-electron chi connectivity index (χ3n) is 6.70. The SMILES string of the molecule is CC12CC3(C(=O)Nc4ccc(Br)cc4)C1CCC23C. The highest BCUT2D eigenvalue weighted by atomic mass is 79.9. The molecule has 5 aliphatic carbocycles. The smallest absolute Gasteiger partial charge is 0.231 e. The van der Waals surface area contributed by atoms with E-state index in [1.165, 1.54) is 12.8 Å². The highest BCUT2D eigenvalue weighted by Crippen LogP contribution is 2.93. The van der Waals surface area contributed by atoms with Crippen LogP contribution in [0, 0.1) is 22.2 Å². The lowest BCUT2D eigenvalue weighted by Crippen LogP contribution is -2.81. The lowest BCUT2D eigenvalue weighted by Gasteiger charge is -2.81. The number of carbonyl (C=O) groups is 1. The van der Waals surface area contributed by atoms with Crippen molar-refractivity contribution in [2.45, 2.75) is 33.1 Å². The molecule has 3 heteroatoms. The van der Waals surface area contributed by atoms with E-state index in [-0.39, 0.29) is 16.7 Å². The van der Waals surface area contributed by atoms with Crippen molar-refractivity contribution in [2.75, 3.05) is 5.32 Å². The summed E-state index contributed by atoms with van der Waals surface area (Å²) in [7, 11) is 0. The Morgan fingerprint density at radius 2 is 2.00 bits per heavy atom. The Kier molecular flexibility index (Phi) is 2.04. The summed E-state index contributed by atoms with van der Waals surface area (Å²) >= 11 is 3.42. The second kappa shape index (κ2) is 3.25. The second-order valence-corrected chi connectivity index (χ2v) is 7.87. The molecular formula is C16H18BrNO. The van der Waals surface area contributed by atoms with Crippen LogP contribution in [0.4, 0.5) is 5.69 Å². The number of hydrogen-bond acceptors (Lipinski definition) is 1. The molecule has 4 bridgehead atoms. The van der Waals surface area contributed by atoms with Gasteiger partial charge >= 0.3 is 0 Å². The van der Waals surface area contributed by atoms with Gasteiger partial charge in [-0.25, -0.2) is 0 Å². The van der Waals surface area contributed by atoms with Gasteiger partial charge in [0, 0.05) is 10.2 Å². The summed E-state index contributed by atoms with van der Waals surface area (Å²) < 4.78 is 1.04. The first kappa shape index (κ1) is 12.0. The molecule has 0 saturated heterocycles. The molecule has 1 aromatic carbocycles. The van der Waals surface area contributed by atoms with Crippen LogP contribution in [0.15, 0.2) is 28.7 Å². The molecule has 1 aromatic rings. The number of rotatable bonds is 2. The monoisotopic (exact) mass is 319 g/mol. The van der Waals surface area contributed by atoms with Crippen molar-refractivity contribution in [3.05, 3.63) is 28.7 Å². The molecule has 5 saturated carbocycles. The van der Waals surface area contributed by atoms with Crippen LogP contribution in [-0.4, -0.2) is 5.91 Å². The van der Waals surface area contributed by atoms with Crippen LogP contribution in [0.5, 0.6) is 0 Å². The lowest BCUT2D eigenvalue weighted by molar-refractivity contribution is -0.326. The first-order valence-electron chi connectivity index (χ1n) is 7.01. The molecule has 4 unspecified atom stereocenters. The van der Waals surface area contributed by atoms with Gasteiger partial charge in [0.15, 0.2) is 0 Å². The van der Waals surface area contributed by atoms with Crippen LogP contribution in [0.3, 0.4) is 0 Å². The van der Waals surface area contributed by atoms with Crippen molar-refractivity contribution < 1.29 is 4.79 Å². The number of carbonyl (C=O) groups excluding carboxylic acids is 1. The van der Waals surface area contributed by atoms with Gasteiger partial charge in [-0.2, -0.15) is 0 Å². The van der Waals surface area contributed by atoms with E-state index in [9.17, 15) is 4.79 Å². The van der Waals surface area contributed by atoms with Gasteiger partial charge in [0.05, 0.1) is 5.41 Å². The van der Waals surface area contributed by atoms with Gasteiger partial charge in [-0.3, -0.25) is 4.79 Å². The highest BCUT2D eigenvalue weighted by molar-refractivity contribution is 9.10. The van der Waals surface area contributed by atoms with Gasteiger partial charge in [-0.15, -0.1) is 0 Å². The molecule has 5 aliphatic rings. The summed E-state index contributed by atoms with van der Waals surface area (Å²) in [5, 5.41) is 3.13. The predicted molar refractivity (Wildman–Crippen MR) is 78.8 cm³/mol. The molecule has 5 fully saturated rings. The van der Waals surface area contributed by atoms with Crippen molar-refractivity contribution in [1.29, 1.82) is 0 Å². The first-order chi connectivity index (χ1) is 8.94. The van der Waals surface area contributed by atoms with Gasteiger partial charge in [-0.1, -0.05) is 29.8 Å². The van der Waals surface area contributed by atoms with Crippen LogP contribution in [0.2, 0.25) is 0 Å². The second-order valence-electron chi connectivity index (χ2n) is 6.95. The maximum absolute atomic E-state index is 12.7. The molecule has 4 atom stereocenters. The minimum Gasteiger partial charge on any atom is -0.326 e. The van der Waals surface area contributed by atoms with Gasteiger partial charge in [0.2, 0.25) is 5.91 Å². The number of halogens is 1. The lowest BCUT2D eigenvalue weighted by atomic mass is 9.21. The molecule has 0 aromatic heterocycles. The molecule has 19 heavy (non-hydrogen) atoms. The number of anilines is 1. The van der Waals surface area contributed by atoms with Crippen molar-refractivity contribution in [3.8, 4) is 0 Å². The standard InChI is InChI=1S/C16H18BrNO/c1-14-9-16(12(14)7-8-15(14,16)2)13(19)18-11-5-3-10(17)4-6-11/h3-6,12H,7-9H2,1-2H3,(H,18,19). The summed E-state index contributed by atoms with van der Waals surface area (Å²) in [6.07, 6.45) is 3.55. The molecule has 0 spiro atoms. The zero-order valence-electron chi connectivity index (χ0n) is 11.3. The van der Waals surface area contributed by atoms with Gasteiger partial charge in [0.25, 0.3) is 0 Å². The van der Waals surface area contributed by atoms with Crippen molar-refractivity contribution >= 4 is 27.5 Å². The Morgan fingerprint density at radius 1 is 1.32 bits per heavy atom. The molecule has 0 heterocycles. The average Bonchev–Trinajstić information content (AvgIpc) is 2.76. The van der Waals surface area contributed by atoms with E-state index in [0.29, 0.717) is 11.3 Å². The Balaban J connectivity index is 1.59. The van der Waals surface area contributed by atoms with Crippen LogP contribution in [-0.2, 0) is 4.79 Å². The molecule has 6 rings (SSSR count). The summed E-state index contributed by atoms with van der Waals surface area (Å²) in [6, 6.07) is 7.85. The van der Waals surface area contributed by atoms with E-state index >= 15 is 0 Å². The number of amides is 1. The van der Waals surface area contributed by atoms with Gasteiger partial charge in [0.1, 0.15) is 0 Å².